The van der Waals surface area contributed by atoms with Gasteiger partial charge in [0.05, 0.1) is 25.7 Å². The topological polar surface area (TPSA) is 67.8 Å². The standard InChI is InChI=1S/C14H21NO4/c1-18-11-12(16)7-9-15-14(17)8-10-19-13-5-3-2-4-6-13/h2-6,12,16H,7-11H2,1H3,(H,15,17). The van der Waals surface area contributed by atoms with Gasteiger partial charge in [-0.25, -0.2) is 0 Å². The van der Waals surface area contributed by atoms with Gasteiger partial charge in [-0.1, -0.05) is 18.2 Å². The summed E-state index contributed by atoms with van der Waals surface area (Å²) in [5.41, 5.74) is 0. The van der Waals surface area contributed by atoms with Gasteiger partial charge in [-0.05, 0) is 18.6 Å². The molecule has 0 fully saturated rings. The molecule has 0 bridgehead atoms. The summed E-state index contributed by atoms with van der Waals surface area (Å²) >= 11 is 0. The van der Waals surface area contributed by atoms with Crippen molar-refractivity contribution in [2.24, 2.45) is 0 Å². The first-order chi connectivity index (χ1) is 9.22. The lowest BCUT2D eigenvalue weighted by atomic mass is 10.2. The minimum Gasteiger partial charge on any atom is -0.493 e. The Kier molecular flexibility index (Phi) is 7.62. The van der Waals surface area contributed by atoms with E-state index in [1.165, 1.54) is 7.11 Å². The maximum absolute atomic E-state index is 11.5. The number of amides is 1. The quantitative estimate of drug-likeness (QED) is 0.699. The van der Waals surface area contributed by atoms with Crippen LogP contribution in [0.5, 0.6) is 5.75 Å². The third kappa shape index (κ3) is 7.43. The summed E-state index contributed by atoms with van der Waals surface area (Å²) in [6.07, 6.45) is 0.250. The molecule has 1 rings (SSSR count). The molecule has 1 unspecified atom stereocenters. The van der Waals surface area contributed by atoms with Crippen molar-refractivity contribution < 1.29 is 19.4 Å². The lowest BCUT2D eigenvalue weighted by molar-refractivity contribution is -0.121. The van der Waals surface area contributed by atoms with Crippen LogP contribution in [0.4, 0.5) is 0 Å². The SMILES string of the molecule is COCC(O)CCNC(=O)CCOc1ccccc1. The zero-order valence-electron chi connectivity index (χ0n) is 11.2. The minimum atomic E-state index is -0.536. The number of aliphatic hydroxyl groups excluding tert-OH is 1. The molecule has 0 aliphatic rings. The summed E-state index contributed by atoms with van der Waals surface area (Å²) < 4.78 is 10.2. The van der Waals surface area contributed by atoms with Crippen LogP contribution in [0, 0.1) is 0 Å². The van der Waals surface area contributed by atoms with E-state index >= 15 is 0 Å². The van der Waals surface area contributed by atoms with Gasteiger partial charge in [-0.15, -0.1) is 0 Å². The molecule has 0 heterocycles. The molecule has 1 aromatic rings. The Morgan fingerprint density at radius 1 is 1.37 bits per heavy atom. The lowest BCUT2D eigenvalue weighted by Crippen LogP contribution is -2.29. The highest BCUT2D eigenvalue weighted by Crippen LogP contribution is 2.08. The van der Waals surface area contributed by atoms with Crippen LogP contribution < -0.4 is 10.1 Å². The van der Waals surface area contributed by atoms with Gasteiger partial charge >= 0.3 is 0 Å². The lowest BCUT2D eigenvalue weighted by Gasteiger charge is -2.10. The maximum Gasteiger partial charge on any atom is 0.223 e. The summed E-state index contributed by atoms with van der Waals surface area (Å²) in [6.45, 7) is 1.07. The smallest absolute Gasteiger partial charge is 0.223 e. The number of ether oxygens (including phenoxy) is 2. The highest BCUT2D eigenvalue weighted by molar-refractivity contribution is 5.75. The Bertz CT molecular complexity index is 356. The van der Waals surface area contributed by atoms with Gasteiger partial charge in [0.2, 0.25) is 5.91 Å². The van der Waals surface area contributed by atoms with E-state index in [9.17, 15) is 9.90 Å². The average molecular weight is 267 g/mol. The zero-order chi connectivity index (χ0) is 13.9. The van der Waals surface area contributed by atoms with E-state index in [1.54, 1.807) is 0 Å². The van der Waals surface area contributed by atoms with E-state index in [4.69, 9.17) is 9.47 Å². The molecule has 0 saturated carbocycles. The first-order valence-electron chi connectivity index (χ1n) is 6.34. The Hall–Kier alpha value is -1.59. The predicted molar refractivity (Wildman–Crippen MR) is 72.1 cm³/mol. The van der Waals surface area contributed by atoms with Gasteiger partial charge in [0.1, 0.15) is 5.75 Å². The third-order valence-electron chi connectivity index (χ3n) is 2.50. The number of carbonyl (C=O) groups is 1. The van der Waals surface area contributed by atoms with Gasteiger partial charge in [0, 0.05) is 13.7 Å². The number of hydrogen-bond acceptors (Lipinski definition) is 4. The third-order valence-corrected chi connectivity index (χ3v) is 2.50. The molecule has 0 saturated heterocycles. The van der Waals surface area contributed by atoms with Crippen LogP contribution in [0.15, 0.2) is 30.3 Å². The van der Waals surface area contributed by atoms with Gasteiger partial charge in [0.15, 0.2) is 0 Å². The number of methoxy groups -OCH3 is 1. The summed E-state index contributed by atoms with van der Waals surface area (Å²) in [5, 5.41) is 12.1. The fourth-order valence-corrected chi connectivity index (χ4v) is 1.52. The molecule has 1 amide bonds. The number of hydrogen-bond donors (Lipinski definition) is 2. The highest BCUT2D eigenvalue weighted by atomic mass is 16.5. The van der Waals surface area contributed by atoms with Gasteiger partial charge in [0.25, 0.3) is 0 Å². The van der Waals surface area contributed by atoms with E-state index < -0.39 is 6.10 Å². The van der Waals surface area contributed by atoms with Crippen molar-refractivity contribution in [1.29, 1.82) is 0 Å². The molecule has 106 valence electrons. The number of carbonyl (C=O) groups excluding carboxylic acids is 1. The summed E-state index contributed by atoms with van der Waals surface area (Å²) in [5.74, 6) is 0.673. The Morgan fingerprint density at radius 2 is 2.11 bits per heavy atom. The number of benzene rings is 1. The second-order valence-corrected chi connectivity index (χ2v) is 4.16. The fraction of sp³-hybridized carbons (Fsp3) is 0.500. The summed E-state index contributed by atoms with van der Waals surface area (Å²) in [4.78, 5) is 11.5. The van der Waals surface area contributed by atoms with Crippen molar-refractivity contribution >= 4 is 5.91 Å². The summed E-state index contributed by atoms with van der Waals surface area (Å²) in [7, 11) is 1.53. The first-order valence-corrected chi connectivity index (χ1v) is 6.34. The van der Waals surface area contributed by atoms with E-state index in [-0.39, 0.29) is 12.5 Å². The molecule has 5 nitrogen and oxygen atoms in total. The van der Waals surface area contributed by atoms with Crippen molar-refractivity contribution in [2.75, 3.05) is 26.9 Å². The average Bonchev–Trinajstić information content (AvgIpc) is 2.40. The normalized spacial score (nSPS) is 11.9. The monoisotopic (exact) mass is 267 g/mol. The van der Waals surface area contributed by atoms with E-state index in [2.05, 4.69) is 5.32 Å². The first kappa shape index (κ1) is 15.5. The minimum absolute atomic E-state index is 0.0828. The number of rotatable bonds is 9. The molecule has 5 heteroatoms. The number of nitrogens with one attached hydrogen (secondary N) is 1. The molecule has 0 aromatic heterocycles. The van der Waals surface area contributed by atoms with Crippen molar-refractivity contribution in [2.45, 2.75) is 18.9 Å². The Morgan fingerprint density at radius 3 is 2.79 bits per heavy atom. The van der Waals surface area contributed by atoms with E-state index in [1.807, 2.05) is 30.3 Å². The molecule has 0 aliphatic carbocycles. The number of aliphatic hydroxyl groups is 1. The Balaban J connectivity index is 2.05. The molecule has 1 aromatic carbocycles. The van der Waals surface area contributed by atoms with Crippen molar-refractivity contribution in [3.05, 3.63) is 30.3 Å². The molecular formula is C14H21NO4. The molecule has 0 radical (unpaired) electrons. The molecule has 2 N–H and O–H groups in total. The van der Waals surface area contributed by atoms with Crippen molar-refractivity contribution in [3.8, 4) is 5.75 Å². The largest absolute Gasteiger partial charge is 0.493 e. The van der Waals surface area contributed by atoms with Gasteiger partial charge in [-0.3, -0.25) is 4.79 Å². The fourth-order valence-electron chi connectivity index (χ4n) is 1.52. The van der Waals surface area contributed by atoms with Crippen LogP contribution in [0.3, 0.4) is 0 Å². The molecular weight excluding hydrogens is 246 g/mol. The van der Waals surface area contributed by atoms with E-state index in [0.29, 0.717) is 26.0 Å². The molecule has 0 aliphatic heterocycles. The maximum atomic E-state index is 11.5. The van der Waals surface area contributed by atoms with Crippen LogP contribution in [0.2, 0.25) is 0 Å². The van der Waals surface area contributed by atoms with E-state index in [0.717, 1.165) is 5.75 Å². The molecule has 1 atom stereocenters. The van der Waals surface area contributed by atoms with Crippen molar-refractivity contribution in [3.63, 3.8) is 0 Å². The van der Waals surface area contributed by atoms with Crippen LogP contribution in [0.1, 0.15) is 12.8 Å². The van der Waals surface area contributed by atoms with Crippen LogP contribution in [0.25, 0.3) is 0 Å². The summed E-state index contributed by atoms with van der Waals surface area (Å²) in [6, 6.07) is 9.36. The van der Waals surface area contributed by atoms with Gasteiger partial charge in [-0.2, -0.15) is 0 Å². The molecule has 0 spiro atoms. The van der Waals surface area contributed by atoms with Crippen LogP contribution in [-0.2, 0) is 9.53 Å². The molecule has 19 heavy (non-hydrogen) atoms. The van der Waals surface area contributed by atoms with Gasteiger partial charge < -0.3 is 19.9 Å². The number of para-hydroxylation sites is 1. The van der Waals surface area contributed by atoms with Crippen molar-refractivity contribution in [1.82, 2.24) is 5.32 Å². The zero-order valence-corrected chi connectivity index (χ0v) is 11.2. The second-order valence-electron chi connectivity index (χ2n) is 4.16. The Labute approximate surface area is 113 Å². The second kappa shape index (κ2) is 9.35. The van der Waals surface area contributed by atoms with Crippen LogP contribution >= 0.6 is 0 Å². The highest BCUT2D eigenvalue weighted by Gasteiger charge is 2.05. The predicted octanol–water partition coefficient (Wildman–Crippen LogP) is 0.969. The van der Waals surface area contributed by atoms with Crippen LogP contribution in [-0.4, -0.2) is 44.0 Å².